The highest BCUT2D eigenvalue weighted by atomic mass is 16.3. The molecule has 1 rings (SSSR count). The molecule has 0 aliphatic carbocycles. The molecule has 0 saturated carbocycles. The lowest BCUT2D eigenvalue weighted by molar-refractivity contribution is 0.0834. The number of nitrogens with two attached hydrogens (primary N) is 1. The van der Waals surface area contributed by atoms with Crippen LogP contribution in [0.15, 0.2) is 18.3 Å². The Bertz CT molecular complexity index is 322. The normalized spacial score (nSPS) is 11.2. The molecule has 0 aliphatic heterocycles. The fourth-order valence-electron chi connectivity index (χ4n) is 1.16. The summed E-state index contributed by atoms with van der Waals surface area (Å²) in [5.74, 6) is 5.63. The second kappa shape index (κ2) is 5.61. The minimum Gasteiger partial charge on any atom is -0.394 e. The van der Waals surface area contributed by atoms with E-state index < -0.39 is 25.4 Å². The topological polar surface area (TPSA) is 124 Å². The lowest BCUT2D eigenvalue weighted by atomic mass is 10.0. The van der Waals surface area contributed by atoms with Gasteiger partial charge in [-0.3, -0.25) is 0 Å². The molecule has 0 bridgehead atoms. The van der Waals surface area contributed by atoms with Gasteiger partial charge in [0.05, 0.1) is 19.8 Å². The van der Waals surface area contributed by atoms with Crippen molar-refractivity contribution < 1.29 is 15.3 Å². The average molecular weight is 228 g/mol. The molecule has 0 spiro atoms. The molecule has 1 aromatic rings. The summed E-state index contributed by atoms with van der Waals surface area (Å²) in [5.41, 5.74) is 1.79. The number of aliphatic hydroxyl groups is 3. The van der Waals surface area contributed by atoms with Crippen LogP contribution in [0.2, 0.25) is 0 Å². The van der Waals surface area contributed by atoms with Crippen LogP contribution >= 0.6 is 0 Å². The van der Waals surface area contributed by atoms with Crippen LogP contribution in [0.3, 0.4) is 0 Å². The van der Waals surface area contributed by atoms with Crippen molar-refractivity contribution in [3.63, 3.8) is 0 Å². The monoisotopic (exact) mass is 228 g/mol. The zero-order valence-electron chi connectivity index (χ0n) is 8.72. The van der Waals surface area contributed by atoms with Crippen molar-refractivity contribution in [3.05, 3.63) is 18.3 Å². The maximum absolute atomic E-state index is 9.13. The summed E-state index contributed by atoms with van der Waals surface area (Å²) in [6.07, 6.45) is 1.51. The van der Waals surface area contributed by atoms with Crippen LogP contribution in [0.5, 0.6) is 0 Å². The summed E-state index contributed by atoms with van der Waals surface area (Å²) in [6.45, 7) is -1.19. The van der Waals surface area contributed by atoms with E-state index in [4.69, 9.17) is 21.2 Å². The van der Waals surface area contributed by atoms with Gasteiger partial charge in [-0.25, -0.2) is 10.8 Å². The van der Waals surface area contributed by atoms with Crippen LogP contribution in [0.25, 0.3) is 0 Å². The number of hydrogen-bond donors (Lipinski definition) is 6. The minimum atomic E-state index is -1.16. The fourth-order valence-corrected chi connectivity index (χ4v) is 1.16. The Hall–Kier alpha value is -1.41. The zero-order valence-corrected chi connectivity index (χ0v) is 8.72. The molecule has 0 aliphatic rings. The Balaban J connectivity index is 2.84. The van der Waals surface area contributed by atoms with Gasteiger partial charge in [0, 0.05) is 18.0 Å². The second-order valence-electron chi connectivity index (χ2n) is 3.45. The SMILES string of the molecule is NNc1cc(NC(CO)(CO)CO)ccn1. The summed E-state index contributed by atoms with van der Waals surface area (Å²) in [7, 11) is 0. The molecule has 7 nitrogen and oxygen atoms in total. The number of aromatic nitrogens is 1. The van der Waals surface area contributed by atoms with E-state index in [0.717, 1.165) is 0 Å². The van der Waals surface area contributed by atoms with Gasteiger partial charge in [-0.1, -0.05) is 0 Å². The van der Waals surface area contributed by atoms with Gasteiger partial charge in [-0.2, -0.15) is 0 Å². The first kappa shape index (κ1) is 12.7. The number of nitrogen functional groups attached to an aromatic ring is 1. The minimum absolute atomic E-state index is 0.395. The molecule has 7 heteroatoms. The Kier molecular flexibility index (Phi) is 4.44. The standard InChI is InChI=1S/C9H16N4O3/c10-13-8-3-7(1-2-11-8)12-9(4-14,5-15)6-16/h1-3,14-16H,4-6,10H2,(H2,11,12,13). The maximum atomic E-state index is 9.13. The van der Waals surface area contributed by atoms with Crippen LogP contribution in [-0.2, 0) is 0 Å². The number of nitrogens with one attached hydrogen (secondary N) is 2. The van der Waals surface area contributed by atoms with E-state index >= 15 is 0 Å². The average Bonchev–Trinajstić information content (AvgIpc) is 2.36. The van der Waals surface area contributed by atoms with Crippen molar-refractivity contribution in [1.82, 2.24) is 4.98 Å². The van der Waals surface area contributed by atoms with Crippen LogP contribution in [0.4, 0.5) is 11.5 Å². The van der Waals surface area contributed by atoms with Crippen molar-refractivity contribution in [1.29, 1.82) is 0 Å². The van der Waals surface area contributed by atoms with Gasteiger partial charge in [0.15, 0.2) is 0 Å². The lowest BCUT2D eigenvalue weighted by Crippen LogP contribution is -2.49. The number of anilines is 2. The first-order chi connectivity index (χ1) is 7.69. The summed E-state index contributed by atoms with van der Waals surface area (Å²) in [4.78, 5) is 3.90. The molecule has 16 heavy (non-hydrogen) atoms. The number of hydrazine groups is 1. The van der Waals surface area contributed by atoms with Gasteiger partial charge in [-0.05, 0) is 6.07 Å². The first-order valence-electron chi connectivity index (χ1n) is 4.73. The second-order valence-corrected chi connectivity index (χ2v) is 3.45. The maximum Gasteiger partial charge on any atom is 0.141 e. The van der Waals surface area contributed by atoms with E-state index in [1.165, 1.54) is 6.20 Å². The number of pyridine rings is 1. The molecule has 0 atom stereocenters. The van der Waals surface area contributed by atoms with Gasteiger partial charge in [-0.15, -0.1) is 0 Å². The quantitative estimate of drug-likeness (QED) is 0.258. The first-order valence-corrected chi connectivity index (χ1v) is 4.73. The predicted molar refractivity (Wildman–Crippen MR) is 59.7 cm³/mol. The highest BCUT2D eigenvalue weighted by Gasteiger charge is 2.27. The van der Waals surface area contributed by atoms with Gasteiger partial charge in [0.1, 0.15) is 11.4 Å². The third-order valence-electron chi connectivity index (χ3n) is 2.23. The molecule has 0 saturated heterocycles. The molecule has 0 radical (unpaired) electrons. The van der Waals surface area contributed by atoms with Crippen molar-refractivity contribution in [3.8, 4) is 0 Å². The van der Waals surface area contributed by atoms with Crippen LogP contribution in [-0.4, -0.2) is 45.7 Å². The fraction of sp³-hybridized carbons (Fsp3) is 0.444. The Labute approximate surface area is 92.9 Å². The van der Waals surface area contributed by atoms with Gasteiger partial charge < -0.3 is 26.1 Å². The van der Waals surface area contributed by atoms with Gasteiger partial charge in [0.25, 0.3) is 0 Å². The third-order valence-corrected chi connectivity index (χ3v) is 2.23. The van der Waals surface area contributed by atoms with Crippen molar-refractivity contribution in [2.24, 2.45) is 5.84 Å². The van der Waals surface area contributed by atoms with Crippen LogP contribution in [0.1, 0.15) is 0 Å². The zero-order chi connectivity index (χ0) is 12.0. The van der Waals surface area contributed by atoms with E-state index in [1.54, 1.807) is 12.1 Å². The number of rotatable bonds is 6. The Morgan fingerprint density at radius 3 is 2.38 bits per heavy atom. The van der Waals surface area contributed by atoms with Crippen molar-refractivity contribution in [2.45, 2.75) is 5.54 Å². The largest absolute Gasteiger partial charge is 0.394 e. The lowest BCUT2D eigenvalue weighted by Gasteiger charge is -2.29. The smallest absolute Gasteiger partial charge is 0.141 e. The molecule has 1 heterocycles. The Morgan fingerprint density at radius 1 is 1.25 bits per heavy atom. The summed E-state index contributed by atoms with van der Waals surface area (Å²) in [5, 5.41) is 30.2. The molecule has 1 aromatic heterocycles. The third kappa shape index (κ3) is 2.80. The van der Waals surface area contributed by atoms with Crippen LogP contribution in [0, 0.1) is 0 Å². The van der Waals surface area contributed by atoms with Gasteiger partial charge >= 0.3 is 0 Å². The molecular weight excluding hydrogens is 212 g/mol. The van der Waals surface area contributed by atoms with E-state index in [-0.39, 0.29) is 0 Å². The number of hydrogen-bond acceptors (Lipinski definition) is 7. The predicted octanol–water partition coefficient (Wildman–Crippen LogP) is -1.51. The molecule has 0 amide bonds. The highest BCUT2D eigenvalue weighted by molar-refractivity contribution is 5.53. The summed E-state index contributed by atoms with van der Waals surface area (Å²) < 4.78 is 0. The Morgan fingerprint density at radius 2 is 1.88 bits per heavy atom. The van der Waals surface area contributed by atoms with Crippen molar-refractivity contribution >= 4 is 11.5 Å². The molecule has 0 aromatic carbocycles. The number of nitrogens with zero attached hydrogens (tertiary/aromatic N) is 1. The molecule has 0 fully saturated rings. The summed E-state index contributed by atoms with van der Waals surface area (Å²) in [6, 6.07) is 3.23. The summed E-state index contributed by atoms with van der Waals surface area (Å²) >= 11 is 0. The number of aliphatic hydroxyl groups excluding tert-OH is 3. The van der Waals surface area contributed by atoms with Crippen LogP contribution < -0.4 is 16.6 Å². The molecular formula is C9H16N4O3. The molecule has 90 valence electrons. The van der Waals surface area contributed by atoms with E-state index in [0.29, 0.717) is 11.5 Å². The molecule has 0 unspecified atom stereocenters. The highest BCUT2D eigenvalue weighted by Crippen LogP contribution is 2.16. The van der Waals surface area contributed by atoms with E-state index in [2.05, 4.69) is 15.7 Å². The van der Waals surface area contributed by atoms with Gasteiger partial charge in [0.2, 0.25) is 0 Å². The molecule has 7 N–H and O–H groups in total. The van der Waals surface area contributed by atoms with Crippen molar-refractivity contribution in [2.75, 3.05) is 30.6 Å². The van der Waals surface area contributed by atoms with E-state index in [1.807, 2.05) is 0 Å². The van der Waals surface area contributed by atoms with E-state index in [9.17, 15) is 0 Å².